The van der Waals surface area contributed by atoms with Crippen LogP contribution >= 0.6 is 11.6 Å². The maximum atomic E-state index is 5.80. The lowest BCUT2D eigenvalue weighted by molar-refractivity contribution is 0.523. The fraction of sp³-hybridized carbons (Fsp3) is 0.643. The second-order valence-corrected chi connectivity index (χ2v) is 5.28. The van der Waals surface area contributed by atoms with Crippen LogP contribution < -0.4 is 5.32 Å². The summed E-state index contributed by atoms with van der Waals surface area (Å²) in [5, 5.41) is 3.91. The van der Waals surface area contributed by atoms with Crippen LogP contribution in [-0.4, -0.2) is 11.5 Å². The van der Waals surface area contributed by atoms with E-state index in [1.807, 2.05) is 12.1 Å². The number of unbranched alkanes of at least 4 members (excludes halogenated alkanes) is 3. The van der Waals surface area contributed by atoms with E-state index in [1.165, 1.54) is 32.1 Å². The average molecular weight is 255 g/mol. The normalized spacial score (nSPS) is 10.8. The zero-order chi connectivity index (χ0) is 12.5. The molecule has 0 aliphatic rings. The van der Waals surface area contributed by atoms with Gasteiger partial charge in [-0.15, -0.1) is 0 Å². The van der Waals surface area contributed by atoms with Crippen molar-refractivity contribution in [2.75, 3.05) is 11.9 Å². The molecule has 0 saturated carbocycles. The average Bonchev–Trinajstić information content (AvgIpc) is 2.27. The molecule has 1 N–H and O–H groups in total. The summed E-state index contributed by atoms with van der Waals surface area (Å²) in [6, 6.07) is 3.81. The minimum Gasteiger partial charge on any atom is -0.385 e. The van der Waals surface area contributed by atoms with Gasteiger partial charge in [0.05, 0.1) is 0 Å². The van der Waals surface area contributed by atoms with Gasteiger partial charge in [0, 0.05) is 18.4 Å². The Morgan fingerprint density at radius 1 is 1.24 bits per heavy atom. The van der Waals surface area contributed by atoms with Crippen LogP contribution in [0.1, 0.15) is 46.0 Å². The van der Waals surface area contributed by atoms with Gasteiger partial charge in [0.1, 0.15) is 5.15 Å². The van der Waals surface area contributed by atoms with E-state index in [4.69, 9.17) is 11.6 Å². The summed E-state index contributed by atoms with van der Waals surface area (Å²) in [7, 11) is 0. The Hall–Kier alpha value is -0.760. The number of hydrogen-bond acceptors (Lipinski definition) is 2. The highest BCUT2D eigenvalue weighted by atomic mass is 35.5. The van der Waals surface area contributed by atoms with Crippen LogP contribution in [0.15, 0.2) is 18.3 Å². The molecule has 0 bridgehead atoms. The number of anilines is 1. The molecule has 0 aliphatic carbocycles. The van der Waals surface area contributed by atoms with Gasteiger partial charge in [0.2, 0.25) is 0 Å². The second kappa shape index (κ2) is 8.35. The van der Waals surface area contributed by atoms with Crippen LogP contribution in [0, 0.1) is 5.92 Å². The summed E-state index contributed by atoms with van der Waals surface area (Å²) in [6.45, 7) is 5.59. The number of rotatable bonds is 8. The van der Waals surface area contributed by atoms with Crippen LogP contribution in [0.4, 0.5) is 5.69 Å². The van der Waals surface area contributed by atoms with E-state index in [2.05, 4.69) is 24.1 Å². The summed E-state index contributed by atoms with van der Waals surface area (Å²) in [5.41, 5.74) is 1.06. The van der Waals surface area contributed by atoms with Gasteiger partial charge in [0.15, 0.2) is 0 Å². The van der Waals surface area contributed by atoms with Gasteiger partial charge in [-0.25, -0.2) is 4.98 Å². The number of nitrogens with one attached hydrogen (secondary N) is 1. The number of pyridine rings is 1. The molecule has 2 nitrogen and oxygen atoms in total. The molecule has 17 heavy (non-hydrogen) atoms. The molecule has 3 heteroatoms. The van der Waals surface area contributed by atoms with Gasteiger partial charge < -0.3 is 5.32 Å². The molecule has 1 heterocycles. The highest BCUT2D eigenvalue weighted by Gasteiger charge is 1.96. The smallest absolute Gasteiger partial charge is 0.131 e. The summed E-state index contributed by atoms with van der Waals surface area (Å²) >= 11 is 5.80. The molecule has 0 spiro atoms. The highest BCUT2D eigenvalue weighted by Crippen LogP contribution is 2.13. The van der Waals surface area contributed by atoms with Crippen molar-refractivity contribution in [2.24, 2.45) is 5.92 Å². The van der Waals surface area contributed by atoms with Gasteiger partial charge in [-0.1, -0.05) is 51.1 Å². The molecule has 0 fully saturated rings. The SMILES string of the molecule is CC(C)CCCCCCNc1ccnc(Cl)c1. The molecule has 0 atom stereocenters. The van der Waals surface area contributed by atoms with Gasteiger partial charge in [0.25, 0.3) is 0 Å². The number of hydrogen-bond donors (Lipinski definition) is 1. The van der Waals surface area contributed by atoms with E-state index >= 15 is 0 Å². The molecule has 0 radical (unpaired) electrons. The van der Waals surface area contributed by atoms with E-state index in [-0.39, 0.29) is 0 Å². The van der Waals surface area contributed by atoms with Gasteiger partial charge in [-0.05, 0) is 24.5 Å². The maximum absolute atomic E-state index is 5.80. The Bertz CT molecular complexity index is 313. The molecule has 1 aromatic rings. The fourth-order valence-electron chi connectivity index (χ4n) is 1.78. The standard InChI is InChI=1S/C14H23ClN2/c1-12(2)7-5-3-4-6-9-16-13-8-10-17-14(15)11-13/h8,10-12H,3-7,9H2,1-2H3,(H,16,17). The van der Waals surface area contributed by atoms with Crippen molar-refractivity contribution < 1.29 is 0 Å². The third kappa shape index (κ3) is 7.22. The van der Waals surface area contributed by atoms with Crippen molar-refractivity contribution >= 4 is 17.3 Å². The quantitative estimate of drug-likeness (QED) is 0.535. The van der Waals surface area contributed by atoms with Crippen LogP contribution in [-0.2, 0) is 0 Å². The van der Waals surface area contributed by atoms with Gasteiger partial charge in [-0.3, -0.25) is 0 Å². The van der Waals surface area contributed by atoms with E-state index in [1.54, 1.807) is 6.20 Å². The molecule has 0 aromatic carbocycles. The third-order valence-corrected chi connectivity index (χ3v) is 2.97. The molecule has 1 rings (SSSR count). The van der Waals surface area contributed by atoms with Crippen LogP contribution in [0.5, 0.6) is 0 Å². The van der Waals surface area contributed by atoms with E-state index in [9.17, 15) is 0 Å². The zero-order valence-electron chi connectivity index (χ0n) is 10.9. The Balaban J connectivity index is 2.01. The summed E-state index contributed by atoms with van der Waals surface area (Å²) in [4.78, 5) is 3.95. The molecule has 0 unspecified atom stereocenters. The van der Waals surface area contributed by atoms with E-state index < -0.39 is 0 Å². The summed E-state index contributed by atoms with van der Waals surface area (Å²) in [6.07, 6.45) is 8.31. The first-order valence-corrected chi connectivity index (χ1v) is 6.91. The first-order valence-electron chi connectivity index (χ1n) is 6.54. The number of halogens is 1. The largest absolute Gasteiger partial charge is 0.385 e. The maximum Gasteiger partial charge on any atom is 0.131 e. The van der Waals surface area contributed by atoms with Crippen molar-refractivity contribution in [2.45, 2.75) is 46.0 Å². The Kier molecular flexibility index (Phi) is 7.02. The van der Waals surface area contributed by atoms with Crippen LogP contribution in [0.3, 0.4) is 0 Å². The molecule has 0 amide bonds. The van der Waals surface area contributed by atoms with Crippen molar-refractivity contribution in [3.8, 4) is 0 Å². The molecule has 1 aromatic heterocycles. The monoisotopic (exact) mass is 254 g/mol. The van der Waals surface area contributed by atoms with Crippen LogP contribution in [0.25, 0.3) is 0 Å². The second-order valence-electron chi connectivity index (χ2n) is 4.89. The molecular formula is C14H23ClN2. The minimum absolute atomic E-state index is 0.548. The summed E-state index contributed by atoms with van der Waals surface area (Å²) < 4.78 is 0. The highest BCUT2D eigenvalue weighted by molar-refractivity contribution is 6.29. The Morgan fingerprint density at radius 3 is 2.71 bits per heavy atom. The first-order chi connectivity index (χ1) is 8.18. The molecular weight excluding hydrogens is 232 g/mol. The third-order valence-electron chi connectivity index (χ3n) is 2.76. The first kappa shape index (κ1) is 14.3. The fourth-order valence-corrected chi connectivity index (χ4v) is 1.95. The van der Waals surface area contributed by atoms with Crippen molar-refractivity contribution in [1.82, 2.24) is 4.98 Å². The number of aromatic nitrogens is 1. The van der Waals surface area contributed by atoms with Crippen molar-refractivity contribution in [1.29, 1.82) is 0 Å². The topological polar surface area (TPSA) is 24.9 Å². The van der Waals surface area contributed by atoms with E-state index in [0.717, 1.165) is 18.2 Å². The van der Waals surface area contributed by atoms with Crippen molar-refractivity contribution in [3.63, 3.8) is 0 Å². The molecule has 0 saturated heterocycles. The molecule has 96 valence electrons. The predicted molar refractivity (Wildman–Crippen MR) is 75.7 cm³/mol. The predicted octanol–water partition coefficient (Wildman–Crippen LogP) is 4.75. The summed E-state index contributed by atoms with van der Waals surface area (Å²) in [5.74, 6) is 0.840. The lowest BCUT2D eigenvalue weighted by Gasteiger charge is -2.07. The minimum atomic E-state index is 0.548. The lowest BCUT2D eigenvalue weighted by atomic mass is 10.0. The van der Waals surface area contributed by atoms with Gasteiger partial charge >= 0.3 is 0 Å². The Morgan fingerprint density at radius 2 is 2.00 bits per heavy atom. The lowest BCUT2D eigenvalue weighted by Crippen LogP contribution is -2.01. The van der Waals surface area contributed by atoms with Crippen molar-refractivity contribution in [3.05, 3.63) is 23.5 Å². The van der Waals surface area contributed by atoms with E-state index in [0.29, 0.717) is 5.15 Å². The molecule has 0 aliphatic heterocycles. The van der Waals surface area contributed by atoms with Crippen LogP contribution in [0.2, 0.25) is 5.15 Å². The van der Waals surface area contributed by atoms with Gasteiger partial charge in [-0.2, -0.15) is 0 Å². The Labute approximate surface area is 110 Å². The number of nitrogens with zero attached hydrogens (tertiary/aromatic N) is 1. The zero-order valence-corrected chi connectivity index (χ0v) is 11.6.